The molecule has 2 heterocycles. The van der Waals surface area contributed by atoms with Crippen molar-refractivity contribution in [1.29, 1.82) is 0 Å². The summed E-state index contributed by atoms with van der Waals surface area (Å²) in [7, 11) is 0. The zero-order chi connectivity index (χ0) is 21.8. The number of amides is 1. The predicted octanol–water partition coefficient (Wildman–Crippen LogP) is 6.20. The molecule has 2 aromatic heterocycles. The number of nitrogens with one attached hydrogen (secondary N) is 1. The van der Waals surface area contributed by atoms with E-state index in [0.29, 0.717) is 23.8 Å². The van der Waals surface area contributed by atoms with Gasteiger partial charge in [-0.25, -0.2) is 0 Å². The van der Waals surface area contributed by atoms with Gasteiger partial charge in [-0.05, 0) is 54.1 Å². The molecule has 4 aromatic rings. The number of anilines is 1. The molecule has 0 fully saturated rings. The molecule has 1 N–H and O–H groups in total. The minimum atomic E-state index is -0.169. The van der Waals surface area contributed by atoms with Gasteiger partial charge >= 0.3 is 0 Å². The van der Waals surface area contributed by atoms with Crippen LogP contribution in [0.5, 0.6) is 5.75 Å². The molecule has 2 aromatic carbocycles. The maximum absolute atomic E-state index is 12.6. The number of benzene rings is 2. The van der Waals surface area contributed by atoms with Crippen molar-refractivity contribution in [2.75, 3.05) is 5.32 Å². The third-order valence-electron chi connectivity index (χ3n) is 4.81. The van der Waals surface area contributed by atoms with E-state index >= 15 is 0 Å². The number of aromatic nitrogens is 2. The van der Waals surface area contributed by atoms with Gasteiger partial charge in [-0.3, -0.25) is 9.48 Å². The number of nitrogens with zero attached hydrogens (tertiary/aromatic N) is 2. The number of halogens is 1. The zero-order valence-corrected chi connectivity index (χ0v) is 19.7. The summed E-state index contributed by atoms with van der Waals surface area (Å²) < 4.78 is 8.83. The van der Waals surface area contributed by atoms with Crippen LogP contribution in [0.4, 0.5) is 5.82 Å². The van der Waals surface area contributed by atoms with Gasteiger partial charge < -0.3 is 10.1 Å². The maximum atomic E-state index is 12.6. The second kappa shape index (κ2) is 9.49. The largest absolute Gasteiger partial charge is 0.488 e. The molecule has 0 unspecified atom stereocenters. The zero-order valence-electron chi connectivity index (χ0n) is 17.3. The molecule has 0 aliphatic heterocycles. The Kier molecular flexibility index (Phi) is 6.53. The molecule has 0 aliphatic carbocycles. The fraction of sp³-hybridized carbons (Fsp3) is 0.167. The van der Waals surface area contributed by atoms with E-state index in [1.165, 1.54) is 11.3 Å². The van der Waals surface area contributed by atoms with Gasteiger partial charge in [-0.15, -0.1) is 11.3 Å². The average Bonchev–Trinajstić information content (AvgIpc) is 3.39. The molecular weight excluding hydrogens is 474 g/mol. The molecular formula is C24H22BrN3O2S. The monoisotopic (exact) mass is 495 g/mol. The minimum absolute atomic E-state index is 0.169. The second-order valence-electron chi connectivity index (χ2n) is 7.31. The van der Waals surface area contributed by atoms with Gasteiger partial charge in [0.05, 0.1) is 11.4 Å². The van der Waals surface area contributed by atoms with Crippen LogP contribution in [0.15, 0.2) is 70.6 Å². The summed E-state index contributed by atoms with van der Waals surface area (Å²) in [5, 5.41) is 9.27. The van der Waals surface area contributed by atoms with Crippen LogP contribution in [-0.4, -0.2) is 15.7 Å². The Labute approximate surface area is 193 Å². The van der Waals surface area contributed by atoms with Crippen molar-refractivity contribution in [1.82, 2.24) is 9.78 Å². The van der Waals surface area contributed by atoms with E-state index < -0.39 is 0 Å². The lowest BCUT2D eigenvalue weighted by Gasteiger charge is -2.10. The summed E-state index contributed by atoms with van der Waals surface area (Å²) in [6.07, 6.45) is 1.86. The molecule has 158 valence electrons. The molecule has 0 radical (unpaired) electrons. The molecule has 7 heteroatoms. The molecule has 0 saturated heterocycles. The smallest absolute Gasteiger partial charge is 0.266 e. The summed E-state index contributed by atoms with van der Waals surface area (Å²) in [5.74, 6) is 1.26. The van der Waals surface area contributed by atoms with Crippen molar-refractivity contribution in [2.45, 2.75) is 27.0 Å². The number of aryl methyl sites for hydroxylation is 2. The summed E-state index contributed by atoms with van der Waals surface area (Å²) >= 11 is 4.84. The lowest BCUT2D eigenvalue weighted by molar-refractivity contribution is 0.103. The number of hydrogen-bond acceptors (Lipinski definition) is 4. The van der Waals surface area contributed by atoms with E-state index in [9.17, 15) is 4.79 Å². The van der Waals surface area contributed by atoms with Gasteiger partial charge in [0, 0.05) is 22.3 Å². The first kappa shape index (κ1) is 21.3. The summed E-state index contributed by atoms with van der Waals surface area (Å²) in [6, 6.07) is 17.8. The number of carbonyl (C=O) groups excluding carboxylic acids is 1. The summed E-state index contributed by atoms with van der Waals surface area (Å²) in [6.45, 7) is 5.13. The van der Waals surface area contributed by atoms with Gasteiger partial charge in [0.1, 0.15) is 12.4 Å². The van der Waals surface area contributed by atoms with E-state index in [1.54, 1.807) is 10.7 Å². The average molecular weight is 496 g/mol. The molecule has 5 nitrogen and oxygen atoms in total. The Balaban J connectivity index is 1.35. The first-order valence-electron chi connectivity index (χ1n) is 9.83. The Morgan fingerprint density at radius 3 is 2.58 bits per heavy atom. The van der Waals surface area contributed by atoms with Gasteiger partial charge in [0.2, 0.25) is 0 Å². The fourth-order valence-electron chi connectivity index (χ4n) is 3.22. The second-order valence-corrected chi connectivity index (χ2v) is 9.13. The first-order valence-corrected chi connectivity index (χ1v) is 11.5. The van der Waals surface area contributed by atoms with Crippen LogP contribution in [0.2, 0.25) is 0 Å². The van der Waals surface area contributed by atoms with E-state index in [-0.39, 0.29) is 5.91 Å². The third-order valence-corrected chi connectivity index (χ3v) is 6.32. The quantitative estimate of drug-likeness (QED) is 0.331. The van der Waals surface area contributed by atoms with E-state index in [1.807, 2.05) is 74.0 Å². The lowest BCUT2D eigenvalue weighted by Crippen LogP contribution is -2.11. The number of thiophene rings is 1. The van der Waals surface area contributed by atoms with Crippen molar-refractivity contribution in [2.24, 2.45) is 0 Å². The van der Waals surface area contributed by atoms with Crippen LogP contribution in [0.3, 0.4) is 0 Å². The van der Waals surface area contributed by atoms with E-state index in [2.05, 4.69) is 26.3 Å². The van der Waals surface area contributed by atoms with E-state index in [4.69, 9.17) is 4.74 Å². The predicted molar refractivity (Wildman–Crippen MR) is 128 cm³/mol. The Hall–Kier alpha value is -2.90. The molecule has 0 saturated carbocycles. The van der Waals surface area contributed by atoms with Crippen molar-refractivity contribution in [3.8, 4) is 5.75 Å². The topological polar surface area (TPSA) is 56.1 Å². The van der Waals surface area contributed by atoms with Crippen molar-refractivity contribution >= 4 is 39.0 Å². The van der Waals surface area contributed by atoms with Crippen molar-refractivity contribution in [3.05, 3.63) is 97.8 Å². The van der Waals surface area contributed by atoms with Gasteiger partial charge in [0.15, 0.2) is 5.82 Å². The molecule has 0 aliphatic rings. The van der Waals surface area contributed by atoms with Crippen LogP contribution in [0.25, 0.3) is 0 Å². The van der Waals surface area contributed by atoms with E-state index in [0.717, 1.165) is 32.5 Å². The van der Waals surface area contributed by atoms with Crippen molar-refractivity contribution in [3.63, 3.8) is 0 Å². The molecule has 4 rings (SSSR count). The first-order chi connectivity index (χ1) is 15.0. The Morgan fingerprint density at radius 2 is 1.84 bits per heavy atom. The van der Waals surface area contributed by atoms with Gasteiger partial charge in [0.25, 0.3) is 5.91 Å². The van der Waals surface area contributed by atoms with Gasteiger partial charge in [-0.2, -0.15) is 5.10 Å². The summed E-state index contributed by atoms with van der Waals surface area (Å²) in [5.41, 5.74) is 4.31. The van der Waals surface area contributed by atoms with Crippen LogP contribution < -0.4 is 10.1 Å². The normalized spacial score (nSPS) is 10.8. The minimum Gasteiger partial charge on any atom is -0.488 e. The van der Waals surface area contributed by atoms with Crippen LogP contribution in [0, 0.1) is 13.8 Å². The Morgan fingerprint density at radius 1 is 1.10 bits per heavy atom. The standard InChI is InChI=1S/C24H22BrN3O2S/c1-16-4-3-5-17(2)23(16)30-14-19-12-21(31-15-19)24(29)26-22-10-11-28(27-22)13-18-6-8-20(25)9-7-18/h3-12,15H,13-14H2,1-2H3,(H,26,27,29). The molecule has 0 atom stereocenters. The SMILES string of the molecule is Cc1cccc(C)c1OCc1csc(C(=O)Nc2ccn(Cc3ccc(Br)cc3)n2)c1. The van der Waals surface area contributed by atoms with Crippen LogP contribution in [0.1, 0.15) is 31.9 Å². The number of ether oxygens (including phenoxy) is 1. The highest BCUT2D eigenvalue weighted by Gasteiger charge is 2.12. The maximum Gasteiger partial charge on any atom is 0.266 e. The fourth-order valence-corrected chi connectivity index (χ4v) is 4.28. The van der Waals surface area contributed by atoms with Crippen molar-refractivity contribution < 1.29 is 9.53 Å². The highest BCUT2D eigenvalue weighted by Crippen LogP contribution is 2.25. The number of carbonyl (C=O) groups is 1. The van der Waals surface area contributed by atoms with Gasteiger partial charge in [-0.1, -0.05) is 46.3 Å². The number of hydrogen-bond donors (Lipinski definition) is 1. The number of para-hydroxylation sites is 1. The molecule has 0 spiro atoms. The summed E-state index contributed by atoms with van der Waals surface area (Å²) in [4.78, 5) is 13.2. The molecule has 31 heavy (non-hydrogen) atoms. The lowest BCUT2D eigenvalue weighted by atomic mass is 10.1. The molecule has 1 amide bonds. The number of rotatable bonds is 7. The molecule has 0 bridgehead atoms. The third kappa shape index (κ3) is 5.42. The van der Waals surface area contributed by atoms with Crippen LogP contribution in [-0.2, 0) is 13.2 Å². The Bertz CT molecular complexity index is 1180. The highest BCUT2D eigenvalue weighted by molar-refractivity contribution is 9.10. The highest BCUT2D eigenvalue weighted by atomic mass is 79.9. The van der Waals surface area contributed by atoms with Crippen LogP contribution >= 0.6 is 27.3 Å².